The molecule has 2 aliphatic rings. The van der Waals surface area contributed by atoms with Crippen molar-refractivity contribution >= 4 is 24.0 Å². The van der Waals surface area contributed by atoms with Crippen LogP contribution in [0.15, 0.2) is 30.6 Å². The summed E-state index contributed by atoms with van der Waals surface area (Å²) in [5, 5.41) is 10.1. The number of halogens is 4. The molecule has 2 aromatic rings. The molecule has 4 rings (SSSR count). The van der Waals surface area contributed by atoms with Gasteiger partial charge in [-0.2, -0.15) is 5.10 Å². The maximum Gasteiger partial charge on any atom is 0.258 e. The first-order valence-corrected chi connectivity index (χ1v) is 9.54. The average molecular weight is 429 g/mol. The van der Waals surface area contributed by atoms with Crippen molar-refractivity contribution in [3.05, 3.63) is 47.5 Å². The molecule has 5 nitrogen and oxygen atoms in total. The molecule has 0 unspecified atom stereocenters. The van der Waals surface area contributed by atoms with Crippen LogP contribution in [0.5, 0.6) is 0 Å². The van der Waals surface area contributed by atoms with E-state index in [1.54, 1.807) is 30.1 Å². The predicted molar refractivity (Wildman–Crippen MR) is 106 cm³/mol. The second-order valence-electron chi connectivity index (χ2n) is 7.84. The molecule has 2 aliphatic carbocycles. The number of alkyl halides is 2. The molecule has 0 saturated heterocycles. The Morgan fingerprint density at radius 3 is 2.66 bits per heavy atom. The number of aromatic nitrogens is 2. The molecule has 1 amide bonds. The summed E-state index contributed by atoms with van der Waals surface area (Å²) in [5.41, 5.74) is 1.37. The fourth-order valence-corrected chi connectivity index (χ4v) is 3.89. The molecule has 1 aromatic heterocycles. The number of amides is 1. The molecule has 2 saturated carbocycles. The first-order valence-electron chi connectivity index (χ1n) is 9.54. The number of anilines is 1. The van der Waals surface area contributed by atoms with Crippen LogP contribution >= 0.6 is 12.4 Å². The number of aryl methyl sites for hydroxylation is 1. The van der Waals surface area contributed by atoms with Gasteiger partial charge in [0.05, 0.1) is 17.4 Å². The molecule has 1 heterocycles. The normalized spacial score (nSPS) is 23.3. The Labute approximate surface area is 173 Å². The zero-order valence-corrected chi connectivity index (χ0v) is 16.8. The van der Waals surface area contributed by atoms with Crippen LogP contribution in [0.4, 0.5) is 18.9 Å². The number of nitrogens with one attached hydrogen (secondary N) is 2. The lowest BCUT2D eigenvalue weighted by Crippen LogP contribution is -2.38. The Bertz CT molecular complexity index is 878. The van der Waals surface area contributed by atoms with Gasteiger partial charge in [-0.1, -0.05) is 6.07 Å². The summed E-state index contributed by atoms with van der Waals surface area (Å²) in [6, 6.07) is 4.88. The highest BCUT2D eigenvalue weighted by atomic mass is 35.5. The molecule has 1 aromatic carbocycles. The molecule has 158 valence electrons. The Morgan fingerprint density at radius 1 is 1.28 bits per heavy atom. The number of carbonyl (C=O) groups is 1. The first-order chi connectivity index (χ1) is 13.3. The topological polar surface area (TPSA) is 59.0 Å². The lowest BCUT2D eigenvalue weighted by Gasteiger charge is -2.29. The van der Waals surface area contributed by atoms with Crippen LogP contribution < -0.4 is 10.6 Å². The third-order valence-corrected chi connectivity index (χ3v) is 5.58. The SMILES string of the molecule is Cl.Cn1cc(NC(=O)c2cc([C@@H]3C[C@H]3NC3CCC(F)(F)CC3)ccc2F)cn1. The van der Waals surface area contributed by atoms with E-state index in [2.05, 4.69) is 15.7 Å². The Hall–Kier alpha value is -2.06. The van der Waals surface area contributed by atoms with Crippen molar-refractivity contribution in [1.29, 1.82) is 0 Å². The van der Waals surface area contributed by atoms with Gasteiger partial charge in [0.15, 0.2) is 0 Å². The van der Waals surface area contributed by atoms with E-state index in [9.17, 15) is 18.0 Å². The highest BCUT2D eigenvalue weighted by Gasteiger charge is 2.42. The van der Waals surface area contributed by atoms with Crippen molar-refractivity contribution in [2.24, 2.45) is 7.05 Å². The molecule has 0 bridgehead atoms. The van der Waals surface area contributed by atoms with Crippen molar-refractivity contribution in [3.63, 3.8) is 0 Å². The number of hydrogen-bond donors (Lipinski definition) is 2. The molecular weight excluding hydrogens is 405 g/mol. The minimum Gasteiger partial charge on any atom is -0.319 e. The molecular formula is C20H24ClF3N4O. The first kappa shape index (κ1) is 21.6. The van der Waals surface area contributed by atoms with Crippen LogP contribution in [0.1, 0.15) is 53.9 Å². The van der Waals surface area contributed by atoms with Crippen molar-refractivity contribution in [1.82, 2.24) is 15.1 Å². The Kier molecular flexibility index (Phi) is 6.24. The van der Waals surface area contributed by atoms with Crippen molar-refractivity contribution in [2.45, 2.75) is 56.0 Å². The second-order valence-corrected chi connectivity index (χ2v) is 7.84. The van der Waals surface area contributed by atoms with Gasteiger partial charge in [0.1, 0.15) is 5.82 Å². The lowest BCUT2D eigenvalue weighted by molar-refractivity contribution is -0.0405. The summed E-state index contributed by atoms with van der Waals surface area (Å²) in [5.74, 6) is -3.46. The highest BCUT2D eigenvalue weighted by Crippen LogP contribution is 2.43. The van der Waals surface area contributed by atoms with Crippen LogP contribution in [-0.2, 0) is 7.05 Å². The number of hydrogen-bond acceptors (Lipinski definition) is 3. The lowest BCUT2D eigenvalue weighted by atomic mass is 9.92. The van der Waals surface area contributed by atoms with Gasteiger partial charge in [0.25, 0.3) is 5.91 Å². The van der Waals surface area contributed by atoms with Crippen molar-refractivity contribution in [3.8, 4) is 0 Å². The van der Waals surface area contributed by atoms with Gasteiger partial charge >= 0.3 is 0 Å². The Morgan fingerprint density at radius 2 is 2.00 bits per heavy atom. The largest absolute Gasteiger partial charge is 0.319 e. The third-order valence-electron chi connectivity index (χ3n) is 5.58. The second kappa shape index (κ2) is 8.36. The molecule has 0 radical (unpaired) electrons. The van der Waals surface area contributed by atoms with Crippen molar-refractivity contribution < 1.29 is 18.0 Å². The van der Waals surface area contributed by atoms with Gasteiger partial charge in [-0.05, 0) is 37.0 Å². The van der Waals surface area contributed by atoms with Gasteiger partial charge in [-0.3, -0.25) is 9.48 Å². The fourth-order valence-electron chi connectivity index (χ4n) is 3.89. The summed E-state index contributed by atoms with van der Waals surface area (Å²) in [6.45, 7) is 0. The number of rotatable bonds is 5. The number of benzene rings is 1. The van der Waals surface area contributed by atoms with Crippen LogP contribution in [0.25, 0.3) is 0 Å². The monoisotopic (exact) mass is 428 g/mol. The van der Waals surface area contributed by atoms with E-state index in [1.165, 1.54) is 12.3 Å². The summed E-state index contributed by atoms with van der Waals surface area (Å²) in [7, 11) is 1.73. The average Bonchev–Trinajstić information content (AvgIpc) is 3.29. The zero-order chi connectivity index (χ0) is 19.9. The van der Waals surface area contributed by atoms with E-state index in [4.69, 9.17) is 0 Å². The Balaban J connectivity index is 0.00000240. The van der Waals surface area contributed by atoms with E-state index >= 15 is 0 Å². The van der Waals surface area contributed by atoms with Crippen LogP contribution in [-0.4, -0.2) is 33.7 Å². The molecule has 2 N–H and O–H groups in total. The predicted octanol–water partition coefficient (Wildman–Crippen LogP) is 4.26. The quantitative estimate of drug-likeness (QED) is 0.748. The molecule has 29 heavy (non-hydrogen) atoms. The summed E-state index contributed by atoms with van der Waals surface area (Å²) < 4.78 is 42.3. The van der Waals surface area contributed by atoms with Crippen LogP contribution in [0, 0.1) is 5.82 Å². The van der Waals surface area contributed by atoms with Gasteiger partial charge in [0, 0.05) is 44.1 Å². The van der Waals surface area contributed by atoms with Gasteiger partial charge in [-0.15, -0.1) is 12.4 Å². The molecule has 2 atom stereocenters. The maximum absolute atomic E-state index is 14.2. The maximum atomic E-state index is 14.2. The van der Waals surface area contributed by atoms with Crippen LogP contribution in [0.3, 0.4) is 0 Å². The van der Waals surface area contributed by atoms with E-state index < -0.39 is 17.6 Å². The third kappa shape index (κ3) is 5.11. The molecule has 9 heteroatoms. The molecule has 2 fully saturated rings. The van der Waals surface area contributed by atoms with Gasteiger partial charge in [-0.25, -0.2) is 13.2 Å². The van der Waals surface area contributed by atoms with Gasteiger partial charge in [0.2, 0.25) is 5.92 Å². The van der Waals surface area contributed by atoms with E-state index in [0.717, 1.165) is 12.0 Å². The molecule has 0 aliphatic heterocycles. The minimum absolute atomic E-state index is 0. The van der Waals surface area contributed by atoms with Crippen molar-refractivity contribution in [2.75, 3.05) is 5.32 Å². The fraction of sp³-hybridized carbons (Fsp3) is 0.500. The van der Waals surface area contributed by atoms with Gasteiger partial charge < -0.3 is 10.6 Å². The summed E-state index contributed by atoms with van der Waals surface area (Å²) in [6.07, 6.45) is 4.79. The standard InChI is InChI=1S/C20H23F3N4O.ClH/c1-27-11-14(10-24-27)26-19(28)16-8-12(2-3-17(16)21)15-9-18(15)25-13-4-6-20(22,23)7-5-13;/h2-3,8,10-11,13,15,18,25H,4-7,9H2,1H3,(H,26,28);1H/t15-,18+;/m0./s1. The summed E-state index contributed by atoms with van der Waals surface area (Å²) in [4.78, 5) is 12.4. The molecule has 0 spiro atoms. The van der Waals surface area contributed by atoms with E-state index in [1.807, 2.05) is 0 Å². The van der Waals surface area contributed by atoms with E-state index in [0.29, 0.717) is 18.5 Å². The number of carbonyl (C=O) groups excluding carboxylic acids is 1. The van der Waals surface area contributed by atoms with Crippen LogP contribution in [0.2, 0.25) is 0 Å². The number of nitrogens with zero attached hydrogens (tertiary/aromatic N) is 2. The summed E-state index contributed by atoms with van der Waals surface area (Å²) >= 11 is 0. The smallest absolute Gasteiger partial charge is 0.258 e. The zero-order valence-electron chi connectivity index (χ0n) is 16.0. The minimum atomic E-state index is -2.53. The highest BCUT2D eigenvalue weighted by molar-refractivity contribution is 6.04. The van der Waals surface area contributed by atoms with E-state index in [-0.39, 0.29) is 48.8 Å².